The third-order valence-corrected chi connectivity index (χ3v) is 3.85. The molecule has 0 aliphatic rings. The molecule has 6 nitrogen and oxygen atoms in total. The molecule has 0 fully saturated rings. The number of aryl methyl sites for hydroxylation is 2. The maximum atomic E-state index is 12.0. The number of rotatable bonds is 2. The van der Waals surface area contributed by atoms with Crippen LogP contribution < -0.4 is 5.56 Å². The van der Waals surface area contributed by atoms with Crippen molar-refractivity contribution in [3.63, 3.8) is 0 Å². The number of pyridine rings is 1. The fraction of sp³-hybridized carbons (Fsp3) is 0.133. The van der Waals surface area contributed by atoms with Gasteiger partial charge in [0.25, 0.3) is 5.56 Å². The minimum atomic E-state index is -0.384. The smallest absolute Gasteiger partial charge is 0.265 e. The van der Waals surface area contributed by atoms with Gasteiger partial charge in [-0.3, -0.25) is 9.89 Å². The molecule has 2 aromatic heterocycles. The number of hydrogen-bond donors (Lipinski definition) is 1. The quantitative estimate of drug-likeness (QED) is 0.440. The average molecular weight is 346 g/mol. The number of benzene rings is 1. The summed E-state index contributed by atoms with van der Waals surface area (Å²) >= 11 is 11.2. The number of halogens is 1. The molecule has 0 saturated carbocycles. The molecule has 1 N–H and O–H groups in total. The van der Waals surface area contributed by atoms with E-state index in [0.29, 0.717) is 10.7 Å². The predicted octanol–water partition coefficient (Wildman–Crippen LogP) is 3.00. The van der Waals surface area contributed by atoms with E-state index in [1.54, 1.807) is 6.92 Å². The molecule has 23 heavy (non-hydrogen) atoms. The SMILES string of the molecule is Cc1ccc2cc(/C=N/n3c(=S)[nH]nc(C)c3=O)c(Cl)nc2c1. The zero-order valence-electron chi connectivity index (χ0n) is 12.4. The monoisotopic (exact) mass is 345 g/mol. The van der Waals surface area contributed by atoms with Crippen molar-refractivity contribution in [2.45, 2.75) is 13.8 Å². The van der Waals surface area contributed by atoms with Crippen molar-refractivity contribution in [3.8, 4) is 0 Å². The maximum Gasteiger partial charge on any atom is 0.296 e. The molecule has 2 heterocycles. The van der Waals surface area contributed by atoms with Gasteiger partial charge in [-0.15, -0.1) is 0 Å². The largest absolute Gasteiger partial charge is 0.296 e. The van der Waals surface area contributed by atoms with Crippen molar-refractivity contribution >= 4 is 40.9 Å². The third kappa shape index (κ3) is 3.06. The normalized spacial score (nSPS) is 11.4. The Morgan fingerprint density at radius 2 is 2.13 bits per heavy atom. The summed E-state index contributed by atoms with van der Waals surface area (Å²) in [5.74, 6) is 0. The van der Waals surface area contributed by atoms with Gasteiger partial charge in [0.05, 0.1) is 11.7 Å². The lowest BCUT2D eigenvalue weighted by atomic mass is 10.1. The summed E-state index contributed by atoms with van der Waals surface area (Å²) in [6, 6.07) is 7.76. The first kappa shape index (κ1) is 15.5. The highest BCUT2D eigenvalue weighted by molar-refractivity contribution is 7.71. The van der Waals surface area contributed by atoms with E-state index in [2.05, 4.69) is 20.3 Å². The maximum absolute atomic E-state index is 12.0. The fourth-order valence-electron chi connectivity index (χ4n) is 2.06. The highest BCUT2D eigenvalue weighted by atomic mass is 35.5. The lowest BCUT2D eigenvalue weighted by Gasteiger charge is -2.03. The van der Waals surface area contributed by atoms with Crippen molar-refractivity contribution < 1.29 is 0 Å². The second-order valence-corrected chi connectivity index (χ2v) is 5.78. The molecule has 0 bridgehead atoms. The third-order valence-electron chi connectivity index (χ3n) is 3.28. The first-order chi connectivity index (χ1) is 11.0. The molecule has 0 aliphatic heterocycles. The van der Waals surface area contributed by atoms with E-state index in [4.69, 9.17) is 23.8 Å². The van der Waals surface area contributed by atoms with E-state index in [-0.39, 0.29) is 16.0 Å². The first-order valence-electron chi connectivity index (χ1n) is 6.75. The van der Waals surface area contributed by atoms with Crippen LogP contribution in [0.3, 0.4) is 0 Å². The van der Waals surface area contributed by atoms with Gasteiger partial charge in [-0.2, -0.15) is 14.9 Å². The zero-order chi connectivity index (χ0) is 16.6. The Balaban J connectivity index is 2.10. The summed E-state index contributed by atoms with van der Waals surface area (Å²) in [7, 11) is 0. The van der Waals surface area contributed by atoms with Gasteiger partial charge in [-0.1, -0.05) is 23.7 Å². The lowest BCUT2D eigenvalue weighted by molar-refractivity contribution is 0.720. The minimum absolute atomic E-state index is 0.109. The summed E-state index contributed by atoms with van der Waals surface area (Å²) in [4.78, 5) is 16.3. The molecule has 0 amide bonds. The lowest BCUT2D eigenvalue weighted by Crippen LogP contribution is -2.22. The van der Waals surface area contributed by atoms with Crippen LogP contribution in [0.2, 0.25) is 5.15 Å². The van der Waals surface area contributed by atoms with E-state index in [9.17, 15) is 4.79 Å². The second-order valence-electron chi connectivity index (χ2n) is 5.04. The molecule has 0 atom stereocenters. The molecular weight excluding hydrogens is 334 g/mol. The van der Waals surface area contributed by atoms with E-state index in [1.807, 2.05) is 31.2 Å². The number of hydrogen-bond acceptors (Lipinski definition) is 5. The van der Waals surface area contributed by atoms with E-state index in [1.165, 1.54) is 6.21 Å². The number of nitrogens with one attached hydrogen (secondary N) is 1. The minimum Gasteiger partial charge on any atom is -0.265 e. The zero-order valence-corrected chi connectivity index (χ0v) is 13.9. The Morgan fingerprint density at radius 3 is 2.91 bits per heavy atom. The Hall–Kier alpha value is -2.38. The van der Waals surface area contributed by atoms with Crippen LogP contribution in [-0.4, -0.2) is 26.1 Å². The van der Waals surface area contributed by atoms with Gasteiger partial charge in [-0.05, 0) is 43.8 Å². The average Bonchev–Trinajstić information content (AvgIpc) is 2.51. The topological polar surface area (TPSA) is 75.9 Å². The molecule has 116 valence electrons. The molecule has 0 aliphatic carbocycles. The standard InChI is InChI=1S/C15H12ClN5OS/c1-8-3-4-10-6-11(13(16)18-12(10)5-8)7-17-21-14(22)9(2)19-20-15(21)23/h3-7H,1-2H3,(H,20,23)/b17-7+. The van der Waals surface area contributed by atoms with Gasteiger partial charge in [0, 0.05) is 10.9 Å². The molecule has 0 unspecified atom stereocenters. The van der Waals surface area contributed by atoms with Crippen LogP contribution >= 0.6 is 23.8 Å². The Kier molecular flexibility index (Phi) is 4.06. The van der Waals surface area contributed by atoms with Gasteiger partial charge in [0.15, 0.2) is 0 Å². The highest BCUT2D eigenvalue weighted by Gasteiger charge is 2.05. The summed E-state index contributed by atoms with van der Waals surface area (Å²) in [6.45, 7) is 3.57. The van der Waals surface area contributed by atoms with Gasteiger partial charge in [0.2, 0.25) is 4.77 Å². The van der Waals surface area contributed by atoms with Crippen LogP contribution in [0.1, 0.15) is 16.8 Å². The molecule has 0 spiro atoms. The molecule has 0 radical (unpaired) electrons. The molecular formula is C15H12ClN5OS. The van der Waals surface area contributed by atoms with Gasteiger partial charge in [-0.25, -0.2) is 4.98 Å². The van der Waals surface area contributed by atoms with E-state index >= 15 is 0 Å². The van der Waals surface area contributed by atoms with Crippen LogP contribution in [0, 0.1) is 18.6 Å². The van der Waals surface area contributed by atoms with Gasteiger partial charge in [0.1, 0.15) is 10.8 Å². The molecule has 0 saturated heterocycles. The Bertz CT molecular complexity index is 1050. The van der Waals surface area contributed by atoms with Crippen molar-refractivity contribution in [2.24, 2.45) is 5.10 Å². The molecule has 3 aromatic rings. The molecule has 3 rings (SSSR count). The van der Waals surface area contributed by atoms with Crippen LogP contribution in [0.25, 0.3) is 10.9 Å². The number of nitrogens with zero attached hydrogens (tertiary/aromatic N) is 4. The van der Waals surface area contributed by atoms with Crippen LogP contribution in [-0.2, 0) is 0 Å². The van der Waals surface area contributed by atoms with Crippen molar-refractivity contribution in [1.82, 2.24) is 19.9 Å². The number of H-pyrrole nitrogens is 1. The van der Waals surface area contributed by atoms with Crippen LogP contribution in [0.5, 0.6) is 0 Å². The van der Waals surface area contributed by atoms with Crippen LogP contribution in [0.15, 0.2) is 34.2 Å². The second kappa shape index (κ2) is 6.02. The van der Waals surface area contributed by atoms with Crippen molar-refractivity contribution in [1.29, 1.82) is 0 Å². The summed E-state index contributed by atoms with van der Waals surface area (Å²) in [6.07, 6.45) is 1.46. The first-order valence-corrected chi connectivity index (χ1v) is 7.54. The number of aromatic nitrogens is 4. The van der Waals surface area contributed by atoms with Crippen molar-refractivity contribution in [3.05, 3.63) is 61.4 Å². The van der Waals surface area contributed by atoms with E-state index in [0.717, 1.165) is 21.1 Å². The summed E-state index contributed by atoms with van der Waals surface area (Å²) in [5.41, 5.74) is 2.40. The van der Waals surface area contributed by atoms with Gasteiger partial charge >= 0.3 is 0 Å². The van der Waals surface area contributed by atoms with Crippen LogP contribution in [0.4, 0.5) is 0 Å². The molecule has 8 heteroatoms. The van der Waals surface area contributed by atoms with Crippen molar-refractivity contribution in [2.75, 3.05) is 0 Å². The number of fused-ring (bicyclic) bond motifs is 1. The number of aromatic amines is 1. The Morgan fingerprint density at radius 1 is 1.35 bits per heavy atom. The van der Waals surface area contributed by atoms with Gasteiger partial charge < -0.3 is 0 Å². The predicted molar refractivity (Wildman–Crippen MR) is 92.9 cm³/mol. The summed E-state index contributed by atoms with van der Waals surface area (Å²) in [5, 5.41) is 11.7. The highest BCUT2D eigenvalue weighted by Crippen LogP contribution is 2.20. The van der Waals surface area contributed by atoms with E-state index < -0.39 is 0 Å². The molecule has 1 aromatic carbocycles. The fourth-order valence-corrected chi connectivity index (χ4v) is 2.43. The Labute approximate surface area is 141 Å². The summed E-state index contributed by atoms with van der Waals surface area (Å²) < 4.78 is 1.17.